The summed E-state index contributed by atoms with van der Waals surface area (Å²) in [5, 5.41) is 0. The molecule has 0 saturated heterocycles. The molecular weight excluding hydrogens is 712 g/mol. The van der Waals surface area contributed by atoms with Gasteiger partial charge < -0.3 is 18.9 Å². The van der Waals surface area contributed by atoms with E-state index in [0.717, 1.165) is 15.6 Å². The van der Waals surface area contributed by atoms with E-state index in [9.17, 15) is 9.59 Å². The van der Waals surface area contributed by atoms with Gasteiger partial charge in [-0.1, -0.05) is 73.5 Å². The van der Waals surface area contributed by atoms with E-state index in [4.69, 9.17) is 23.9 Å². The number of rotatable bonds is 10. The SMILES string of the molecule is CCOC(=O)C1=C(C)N=c2s/c(=C/c3cc(Br)ccc3OCc3ccccc3)c(=O)n2[C@@H]1c1cc(OC)c(OCC)cc1Br. The molecule has 1 aliphatic rings. The topological polar surface area (TPSA) is 88.4 Å². The van der Waals surface area contributed by atoms with Crippen molar-refractivity contribution in [1.82, 2.24) is 4.57 Å². The van der Waals surface area contributed by atoms with E-state index in [1.165, 1.54) is 15.9 Å². The first-order valence-corrected chi connectivity index (χ1v) is 16.3. The highest BCUT2D eigenvalue weighted by atomic mass is 79.9. The molecule has 4 aromatic rings. The number of benzene rings is 3. The molecule has 0 spiro atoms. The van der Waals surface area contributed by atoms with Gasteiger partial charge in [0.1, 0.15) is 12.4 Å². The summed E-state index contributed by atoms with van der Waals surface area (Å²) in [5.74, 6) is 1.09. The van der Waals surface area contributed by atoms with Gasteiger partial charge in [-0.2, -0.15) is 0 Å². The Bertz CT molecular complexity index is 1920. The lowest BCUT2D eigenvalue weighted by atomic mass is 9.95. The van der Waals surface area contributed by atoms with Crippen molar-refractivity contribution in [2.24, 2.45) is 4.99 Å². The number of ether oxygens (including phenoxy) is 4. The maximum absolute atomic E-state index is 14.2. The van der Waals surface area contributed by atoms with Crippen molar-refractivity contribution in [1.29, 1.82) is 0 Å². The fourth-order valence-electron chi connectivity index (χ4n) is 4.91. The quantitative estimate of drug-likeness (QED) is 0.177. The first-order valence-electron chi connectivity index (χ1n) is 13.9. The summed E-state index contributed by atoms with van der Waals surface area (Å²) in [5.41, 5.74) is 2.82. The Morgan fingerprint density at radius 2 is 1.77 bits per heavy atom. The molecule has 0 bridgehead atoms. The summed E-state index contributed by atoms with van der Waals surface area (Å²) in [6, 6.07) is 18.3. The molecule has 0 saturated carbocycles. The molecule has 0 N–H and O–H groups in total. The van der Waals surface area contributed by atoms with Crippen molar-refractivity contribution >= 4 is 55.2 Å². The molecule has 0 radical (unpaired) electrons. The van der Waals surface area contributed by atoms with Crippen LogP contribution in [0.15, 0.2) is 90.7 Å². The summed E-state index contributed by atoms with van der Waals surface area (Å²) in [7, 11) is 1.55. The van der Waals surface area contributed by atoms with Crippen LogP contribution in [0.4, 0.5) is 0 Å². The van der Waals surface area contributed by atoms with Gasteiger partial charge >= 0.3 is 5.97 Å². The number of hydrogen-bond acceptors (Lipinski definition) is 8. The normalized spacial score (nSPS) is 14.6. The molecule has 3 aromatic carbocycles. The van der Waals surface area contributed by atoms with Gasteiger partial charge in [-0.15, -0.1) is 0 Å². The Labute approximate surface area is 275 Å². The van der Waals surface area contributed by atoms with E-state index in [2.05, 4.69) is 31.9 Å². The second-order valence-electron chi connectivity index (χ2n) is 9.72. The highest BCUT2D eigenvalue weighted by molar-refractivity contribution is 9.10. The average Bonchev–Trinajstić information content (AvgIpc) is 3.31. The third kappa shape index (κ3) is 6.55. The average molecular weight is 742 g/mol. The summed E-state index contributed by atoms with van der Waals surface area (Å²) in [6.07, 6.45) is 1.79. The molecule has 5 rings (SSSR count). The Kier molecular flexibility index (Phi) is 10.1. The van der Waals surface area contributed by atoms with Crippen LogP contribution in [0.25, 0.3) is 6.08 Å². The molecule has 0 fully saturated rings. The molecule has 0 amide bonds. The van der Waals surface area contributed by atoms with Gasteiger partial charge in [0.05, 0.1) is 42.2 Å². The molecule has 11 heteroatoms. The zero-order valence-corrected chi connectivity index (χ0v) is 28.5. The van der Waals surface area contributed by atoms with E-state index in [1.54, 1.807) is 39.2 Å². The maximum Gasteiger partial charge on any atom is 0.338 e. The number of esters is 1. The van der Waals surface area contributed by atoms with Crippen LogP contribution >= 0.6 is 43.2 Å². The van der Waals surface area contributed by atoms with Gasteiger partial charge in [0, 0.05) is 14.5 Å². The lowest BCUT2D eigenvalue weighted by Gasteiger charge is -2.26. The molecule has 0 unspecified atom stereocenters. The molecule has 0 aliphatic carbocycles. The highest BCUT2D eigenvalue weighted by Crippen LogP contribution is 2.41. The Morgan fingerprint density at radius 1 is 1.00 bits per heavy atom. The number of halogens is 2. The van der Waals surface area contributed by atoms with E-state index >= 15 is 0 Å². The zero-order chi connectivity index (χ0) is 31.4. The van der Waals surface area contributed by atoms with Gasteiger partial charge in [-0.3, -0.25) is 9.36 Å². The van der Waals surface area contributed by atoms with Crippen LogP contribution in [0, 0.1) is 0 Å². The van der Waals surface area contributed by atoms with Crippen LogP contribution < -0.4 is 29.1 Å². The maximum atomic E-state index is 14.2. The standard InChI is InChI=1S/C33H30Br2N2O6S/c1-5-41-27-17-24(35)23(16-26(27)40-4)30-29(32(39)42-6-2)19(3)36-33-37(30)31(38)28(44-33)15-21-14-22(34)12-13-25(21)43-18-20-10-8-7-9-11-20/h7-17,30H,5-6,18H2,1-4H3/b28-15+/t30-/m1/s1. The van der Waals surface area contributed by atoms with Gasteiger partial charge in [-0.25, -0.2) is 9.79 Å². The van der Waals surface area contributed by atoms with Crippen LogP contribution in [0.5, 0.6) is 17.2 Å². The van der Waals surface area contributed by atoms with Crippen LogP contribution in [0.2, 0.25) is 0 Å². The number of carbonyl (C=O) groups is 1. The largest absolute Gasteiger partial charge is 0.493 e. The van der Waals surface area contributed by atoms with Gasteiger partial charge in [0.15, 0.2) is 16.3 Å². The Balaban J connectivity index is 1.68. The van der Waals surface area contributed by atoms with Crippen molar-refractivity contribution in [2.75, 3.05) is 20.3 Å². The summed E-state index contributed by atoms with van der Waals surface area (Å²) in [6.45, 7) is 6.36. The van der Waals surface area contributed by atoms with Crippen molar-refractivity contribution in [3.05, 3.63) is 117 Å². The minimum atomic E-state index is -0.831. The second kappa shape index (κ2) is 14.0. The summed E-state index contributed by atoms with van der Waals surface area (Å²) < 4.78 is 26.4. The molecule has 1 aromatic heterocycles. The van der Waals surface area contributed by atoms with Crippen LogP contribution in [-0.4, -0.2) is 30.9 Å². The predicted molar refractivity (Wildman–Crippen MR) is 177 cm³/mol. The van der Waals surface area contributed by atoms with Crippen LogP contribution in [-0.2, 0) is 16.1 Å². The molecule has 8 nitrogen and oxygen atoms in total. The third-order valence-electron chi connectivity index (χ3n) is 6.89. The molecule has 1 aliphatic heterocycles. The fraction of sp³-hybridized carbons (Fsp3) is 0.242. The Hall–Kier alpha value is -3.67. The number of aromatic nitrogens is 1. The molecule has 2 heterocycles. The monoisotopic (exact) mass is 740 g/mol. The number of allylic oxidation sites excluding steroid dienone is 1. The number of thiazole rings is 1. The second-order valence-corrected chi connectivity index (χ2v) is 12.5. The zero-order valence-electron chi connectivity index (χ0n) is 24.6. The summed E-state index contributed by atoms with van der Waals surface area (Å²) in [4.78, 5) is 32.7. The van der Waals surface area contributed by atoms with Gasteiger partial charge in [0.25, 0.3) is 5.56 Å². The van der Waals surface area contributed by atoms with Crippen molar-refractivity contribution in [3.8, 4) is 17.2 Å². The van der Waals surface area contributed by atoms with Crippen molar-refractivity contribution < 1.29 is 23.7 Å². The van der Waals surface area contributed by atoms with Crippen molar-refractivity contribution in [3.63, 3.8) is 0 Å². The van der Waals surface area contributed by atoms with E-state index < -0.39 is 12.0 Å². The lowest BCUT2D eigenvalue weighted by molar-refractivity contribution is -0.139. The lowest BCUT2D eigenvalue weighted by Crippen LogP contribution is -2.40. The highest BCUT2D eigenvalue weighted by Gasteiger charge is 2.35. The number of nitrogens with zero attached hydrogens (tertiary/aromatic N) is 2. The van der Waals surface area contributed by atoms with Crippen LogP contribution in [0.3, 0.4) is 0 Å². The predicted octanol–water partition coefficient (Wildman–Crippen LogP) is 6.31. The van der Waals surface area contributed by atoms with Gasteiger partial charge in [0.2, 0.25) is 0 Å². The molecular formula is C33H30Br2N2O6S. The number of fused-ring (bicyclic) bond motifs is 1. The number of methoxy groups -OCH3 is 1. The van der Waals surface area contributed by atoms with Crippen LogP contribution in [0.1, 0.15) is 43.5 Å². The molecule has 44 heavy (non-hydrogen) atoms. The fourth-order valence-corrected chi connectivity index (χ4v) is 6.87. The first kappa shape index (κ1) is 31.7. The van der Waals surface area contributed by atoms with E-state index in [1.807, 2.05) is 55.5 Å². The smallest absolute Gasteiger partial charge is 0.338 e. The minimum absolute atomic E-state index is 0.176. The number of hydrogen-bond donors (Lipinski definition) is 0. The molecule has 228 valence electrons. The van der Waals surface area contributed by atoms with Crippen molar-refractivity contribution in [2.45, 2.75) is 33.4 Å². The van der Waals surface area contributed by atoms with E-state index in [0.29, 0.717) is 55.5 Å². The number of carbonyl (C=O) groups excluding carboxylic acids is 1. The van der Waals surface area contributed by atoms with Gasteiger partial charge in [-0.05, 0) is 68.3 Å². The summed E-state index contributed by atoms with van der Waals surface area (Å²) >= 11 is 8.45. The molecule has 1 atom stereocenters. The first-order chi connectivity index (χ1) is 21.2. The third-order valence-corrected chi connectivity index (χ3v) is 9.05. The minimum Gasteiger partial charge on any atom is -0.493 e. The Morgan fingerprint density at radius 3 is 2.48 bits per heavy atom. The van der Waals surface area contributed by atoms with E-state index in [-0.39, 0.29) is 17.7 Å².